The van der Waals surface area contributed by atoms with E-state index < -0.39 is 5.97 Å². The van der Waals surface area contributed by atoms with Gasteiger partial charge in [0.05, 0.1) is 12.5 Å². The Hall–Kier alpha value is -2.08. The lowest BCUT2D eigenvalue weighted by molar-refractivity contribution is -0.142. The first kappa shape index (κ1) is 15.3. The van der Waals surface area contributed by atoms with E-state index in [1.807, 2.05) is 6.07 Å². The van der Waals surface area contributed by atoms with E-state index in [1.165, 1.54) is 0 Å². The van der Waals surface area contributed by atoms with Crippen molar-refractivity contribution in [3.05, 3.63) is 29.3 Å². The van der Waals surface area contributed by atoms with Crippen LogP contribution in [-0.2, 0) is 20.7 Å². The van der Waals surface area contributed by atoms with E-state index in [-0.39, 0.29) is 37.3 Å². The molecular formula is C15H19NO5. The second-order valence-electron chi connectivity index (χ2n) is 5.03. The van der Waals surface area contributed by atoms with Gasteiger partial charge in [-0.15, -0.1) is 0 Å². The number of fused-ring (bicyclic) bond motifs is 1. The number of nitrogens with one attached hydrogen (secondary N) is 1. The molecule has 0 bridgehead atoms. The fraction of sp³-hybridized carbons (Fsp3) is 0.467. The van der Waals surface area contributed by atoms with Crippen LogP contribution in [0.15, 0.2) is 18.2 Å². The minimum absolute atomic E-state index is 0.111. The third-order valence-electron chi connectivity index (χ3n) is 3.57. The Labute approximate surface area is 122 Å². The van der Waals surface area contributed by atoms with Gasteiger partial charge in [0.15, 0.2) is 0 Å². The van der Waals surface area contributed by atoms with Crippen LogP contribution in [0.2, 0.25) is 0 Å². The van der Waals surface area contributed by atoms with Gasteiger partial charge in [0.1, 0.15) is 12.4 Å². The fourth-order valence-electron chi connectivity index (χ4n) is 2.63. The average Bonchev–Trinajstić information content (AvgIpc) is 2.46. The van der Waals surface area contributed by atoms with Gasteiger partial charge < -0.3 is 20.3 Å². The Morgan fingerprint density at radius 3 is 2.95 bits per heavy atom. The SMILES string of the molecule is O=C(O)COCCNC(=O)C1CCCc2c(O)cccc21. The van der Waals surface area contributed by atoms with Crippen molar-refractivity contribution in [2.75, 3.05) is 19.8 Å². The van der Waals surface area contributed by atoms with E-state index in [1.54, 1.807) is 12.1 Å². The maximum absolute atomic E-state index is 12.2. The largest absolute Gasteiger partial charge is 0.508 e. The quantitative estimate of drug-likeness (QED) is 0.681. The number of amides is 1. The highest BCUT2D eigenvalue weighted by Gasteiger charge is 2.27. The van der Waals surface area contributed by atoms with Crippen LogP contribution < -0.4 is 5.32 Å². The number of hydrogen-bond acceptors (Lipinski definition) is 4. The zero-order chi connectivity index (χ0) is 15.2. The summed E-state index contributed by atoms with van der Waals surface area (Å²) in [4.78, 5) is 22.5. The molecule has 21 heavy (non-hydrogen) atoms. The number of rotatable bonds is 6. The molecule has 0 saturated carbocycles. The summed E-state index contributed by atoms with van der Waals surface area (Å²) in [5, 5.41) is 21.0. The lowest BCUT2D eigenvalue weighted by Gasteiger charge is -2.25. The molecule has 0 heterocycles. The summed E-state index contributed by atoms with van der Waals surface area (Å²) in [5.74, 6) is -1.16. The third kappa shape index (κ3) is 3.95. The Bertz CT molecular complexity index is 529. The number of aromatic hydroxyl groups is 1. The molecular weight excluding hydrogens is 274 g/mol. The predicted octanol–water partition coefficient (Wildman–Crippen LogP) is 1.03. The lowest BCUT2D eigenvalue weighted by atomic mass is 9.82. The summed E-state index contributed by atoms with van der Waals surface area (Å²) >= 11 is 0. The van der Waals surface area contributed by atoms with Gasteiger partial charge in [-0.25, -0.2) is 4.79 Å². The number of phenols is 1. The number of hydrogen-bond donors (Lipinski definition) is 3. The topological polar surface area (TPSA) is 95.9 Å². The van der Waals surface area contributed by atoms with Crippen LogP contribution in [0.1, 0.15) is 29.9 Å². The second kappa shape index (κ2) is 7.08. The van der Waals surface area contributed by atoms with Gasteiger partial charge in [-0.3, -0.25) is 4.79 Å². The molecule has 114 valence electrons. The molecule has 0 spiro atoms. The molecule has 0 aromatic heterocycles. The maximum atomic E-state index is 12.2. The molecule has 1 aromatic carbocycles. The van der Waals surface area contributed by atoms with Gasteiger partial charge in [-0.1, -0.05) is 12.1 Å². The van der Waals surface area contributed by atoms with Gasteiger partial charge in [0.25, 0.3) is 0 Å². The first-order chi connectivity index (χ1) is 10.1. The van der Waals surface area contributed by atoms with Gasteiger partial charge in [0.2, 0.25) is 5.91 Å². The first-order valence-corrected chi connectivity index (χ1v) is 6.97. The van der Waals surface area contributed by atoms with Crippen LogP contribution in [-0.4, -0.2) is 41.8 Å². The van der Waals surface area contributed by atoms with Gasteiger partial charge in [-0.2, -0.15) is 0 Å². The van der Waals surface area contributed by atoms with Crippen molar-refractivity contribution in [1.82, 2.24) is 5.32 Å². The summed E-state index contributed by atoms with van der Waals surface area (Å²) < 4.78 is 4.87. The first-order valence-electron chi connectivity index (χ1n) is 6.97. The van der Waals surface area contributed by atoms with Gasteiger partial charge >= 0.3 is 5.97 Å². The lowest BCUT2D eigenvalue weighted by Crippen LogP contribution is -2.34. The number of aliphatic carboxylic acids is 1. The Morgan fingerprint density at radius 1 is 1.38 bits per heavy atom. The molecule has 0 fully saturated rings. The van der Waals surface area contributed by atoms with Gasteiger partial charge in [0, 0.05) is 6.54 Å². The van der Waals surface area contributed by atoms with Crippen molar-refractivity contribution in [2.24, 2.45) is 0 Å². The zero-order valence-corrected chi connectivity index (χ0v) is 11.7. The molecule has 3 N–H and O–H groups in total. The molecule has 0 radical (unpaired) electrons. The highest BCUT2D eigenvalue weighted by molar-refractivity contribution is 5.84. The van der Waals surface area contributed by atoms with Crippen LogP contribution in [0.5, 0.6) is 5.75 Å². The summed E-state index contributed by atoms with van der Waals surface area (Å²) in [6.45, 7) is 0.0738. The number of phenolic OH excluding ortho intramolecular Hbond substituents is 1. The van der Waals surface area contributed by atoms with Crippen LogP contribution in [0.4, 0.5) is 0 Å². The van der Waals surface area contributed by atoms with Crippen molar-refractivity contribution in [2.45, 2.75) is 25.2 Å². The van der Waals surface area contributed by atoms with Crippen LogP contribution >= 0.6 is 0 Å². The summed E-state index contributed by atoms with van der Waals surface area (Å²) in [6, 6.07) is 5.26. The predicted molar refractivity (Wildman–Crippen MR) is 75.3 cm³/mol. The van der Waals surface area contributed by atoms with Crippen molar-refractivity contribution in [1.29, 1.82) is 0 Å². The molecule has 6 nitrogen and oxygen atoms in total. The second-order valence-corrected chi connectivity index (χ2v) is 5.03. The smallest absolute Gasteiger partial charge is 0.329 e. The summed E-state index contributed by atoms with van der Waals surface area (Å²) in [5.41, 5.74) is 1.73. The number of ether oxygens (including phenoxy) is 1. The molecule has 0 saturated heterocycles. The van der Waals surface area contributed by atoms with Crippen LogP contribution in [0.3, 0.4) is 0 Å². The number of benzene rings is 1. The highest BCUT2D eigenvalue weighted by atomic mass is 16.5. The normalized spacial score (nSPS) is 17.0. The molecule has 1 unspecified atom stereocenters. The number of carbonyl (C=O) groups is 2. The molecule has 1 atom stereocenters. The average molecular weight is 293 g/mol. The Morgan fingerprint density at radius 2 is 2.19 bits per heavy atom. The Kier molecular flexibility index (Phi) is 5.16. The fourth-order valence-corrected chi connectivity index (χ4v) is 2.63. The van der Waals surface area contributed by atoms with Crippen LogP contribution in [0, 0.1) is 0 Å². The number of carbonyl (C=O) groups excluding carboxylic acids is 1. The maximum Gasteiger partial charge on any atom is 0.329 e. The van der Waals surface area contributed by atoms with Crippen molar-refractivity contribution >= 4 is 11.9 Å². The standard InChI is InChI=1S/C15H19NO5/c17-13-6-2-3-10-11(13)4-1-5-12(10)15(20)16-7-8-21-9-14(18)19/h2-3,6,12,17H,1,4-5,7-9H2,(H,16,20)(H,18,19). The molecule has 6 heteroatoms. The number of carboxylic acids is 1. The van der Waals surface area contributed by atoms with E-state index in [9.17, 15) is 14.7 Å². The van der Waals surface area contributed by atoms with E-state index in [2.05, 4.69) is 5.32 Å². The third-order valence-corrected chi connectivity index (χ3v) is 3.57. The van der Waals surface area contributed by atoms with Gasteiger partial charge in [-0.05, 0) is 36.5 Å². The van der Waals surface area contributed by atoms with E-state index in [4.69, 9.17) is 9.84 Å². The molecule has 0 aliphatic heterocycles. The number of carboxylic acid groups (broad SMARTS) is 1. The monoisotopic (exact) mass is 293 g/mol. The minimum atomic E-state index is -1.03. The van der Waals surface area contributed by atoms with Crippen molar-refractivity contribution < 1.29 is 24.5 Å². The van der Waals surface area contributed by atoms with Crippen molar-refractivity contribution in [3.8, 4) is 5.75 Å². The summed E-state index contributed by atoms with van der Waals surface area (Å²) in [6.07, 6.45) is 2.39. The highest BCUT2D eigenvalue weighted by Crippen LogP contribution is 2.36. The molecule has 1 amide bonds. The minimum Gasteiger partial charge on any atom is -0.508 e. The Balaban J connectivity index is 1.90. The zero-order valence-electron chi connectivity index (χ0n) is 11.7. The van der Waals surface area contributed by atoms with E-state index in [0.29, 0.717) is 0 Å². The van der Waals surface area contributed by atoms with Crippen molar-refractivity contribution in [3.63, 3.8) is 0 Å². The molecule has 1 aromatic rings. The van der Waals surface area contributed by atoms with E-state index >= 15 is 0 Å². The molecule has 2 rings (SSSR count). The summed E-state index contributed by atoms with van der Waals surface area (Å²) in [7, 11) is 0. The molecule has 1 aliphatic carbocycles. The molecule has 1 aliphatic rings. The van der Waals surface area contributed by atoms with Crippen LogP contribution in [0.25, 0.3) is 0 Å². The van der Waals surface area contributed by atoms with E-state index in [0.717, 1.165) is 30.4 Å².